The number of non-ortho nitro benzene ring substituents is 2. The van der Waals surface area contributed by atoms with E-state index < -0.39 is 15.9 Å². The van der Waals surface area contributed by atoms with Crippen molar-refractivity contribution in [3.8, 4) is 0 Å². The van der Waals surface area contributed by atoms with Crippen molar-refractivity contribution in [1.29, 1.82) is 0 Å². The molecule has 7 nitrogen and oxygen atoms in total. The molecule has 7 heteroatoms. The first-order chi connectivity index (χ1) is 6.91. The van der Waals surface area contributed by atoms with E-state index in [1.807, 2.05) is 0 Å². The van der Waals surface area contributed by atoms with E-state index in [4.69, 9.17) is 5.73 Å². The number of hydrogen-bond donors (Lipinski definition) is 1. The van der Waals surface area contributed by atoms with Gasteiger partial charge < -0.3 is 5.73 Å². The molecule has 80 valence electrons. The Bertz CT molecular complexity index is 384. The molecule has 0 aromatic heterocycles. The number of rotatable bonds is 3. The molecule has 15 heavy (non-hydrogen) atoms. The fraction of sp³-hybridized carbons (Fsp3) is 0.250. The number of nitro groups is 2. The van der Waals surface area contributed by atoms with Crippen LogP contribution in [-0.4, -0.2) is 9.85 Å². The first kappa shape index (κ1) is 11.1. The molecule has 1 aromatic rings. The average molecular weight is 211 g/mol. The second-order valence-electron chi connectivity index (χ2n) is 3.09. The largest absolute Gasteiger partial charge is 0.324 e. The summed E-state index contributed by atoms with van der Waals surface area (Å²) in [4.78, 5) is 19.6. The summed E-state index contributed by atoms with van der Waals surface area (Å²) in [5.41, 5.74) is 5.23. The van der Waals surface area contributed by atoms with E-state index in [2.05, 4.69) is 0 Å². The van der Waals surface area contributed by atoms with Crippen LogP contribution in [-0.2, 0) is 0 Å². The van der Waals surface area contributed by atoms with Crippen LogP contribution in [0.4, 0.5) is 11.4 Å². The zero-order valence-corrected chi connectivity index (χ0v) is 7.91. The third kappa shape index (κ3) is 2.47. The van der Waals surface area contributed by atoms with Crippen LogP contribution in [0, 0.1) is 20.2 Å². The molecule has 0 radical (unpaired) electrons. The highest BCUT2D eigenvalue weighted by molar-refractivity contribution is 5.47. The van der Waals surface area contributed by atoms with Crippen molar-refractivity contribution in [3.63, 3.8) is 0 Å². The molecule has 0 aliphatic heterocycles. The first-order valence-corrected chi connectivity index (χ1v) is 4.11. The van der Waals surface area contributed by atoms with Crippen molar-refractivity contribution in [2.75, 3.05) is 0 Å². The number of nitrogens with zero attached hydrogens (tertiary/aromatic N) is 2. The van der Waals surface area contributed by atoms with Gasteiger partial charge in [0.1, 0.15) is 0 Å². The van der Waals surface area contributed by atoms with Gasteiger partial charge in [-0.3, -0.25) is 20.2 Å². The van der Waals surface area contributed by atoms with Gasteiger partial charge in [-0.25, -0.2) is 0 Å². The summed E-state index contributed by atoms with van der Waals surface area (Å²) in [5.74, 6) is 0. The summed E-state index contributed by atoms with van der Waals surface area (Å²) < 4.78 is 0. The maximum absolute atomic E-state index is 10.5. The summed E-state index contributed by atoms with van der Waals surface area (Å²) in [6.07, 6.45) is 0. The van der Waals surface area contributed by atoms with Crippen molar-refractivity contribution >= 4 is 11.4 Å². The van der Waals surface area contributed by atoms with Gasteiger partial charge in [-0.05, 0) is 12.5 Å². The maximum atomic E-state index is 10.5. The Kier molecular flexibility index (Phi) is 2.96. The standard InChI is InChI=1S/C8H9N3O4/c1-5(9)6-2-7(10(12)13)4-8(3-6)11(14)15/h2-5H,9H2,1H3. The number of hydrogen-bond acceptors (Lipinski definition) is 5. The topological polar surface area (TPSA) is 112 Å². The Hall–Kier alpha value is -2.02. The van der Waals surface area contributed by atoms with Crippen molar-refractivity contribution in [3.05, 3.63) is 44.0 Å². The van der Waals surface area contributed by atoms with Gasteiger partial charge in [-0.15, -0.1) is 0 Å². The minimum Gasteiger partial charge on any atom is -0.324 e. The van der Waals surface area contributed by atoms with Crippen LogP contribution in [0.2, 0.25) is 0 Å². The van der Waals surface area contributed by atoms with Gasteiger partial charge in [0, 0.05) is 18.2 Å². The number of nitrogens with two attached hydrogens (primary N) is 1. The van der Waals surface area contributed by atoms with Gasteiger partial charge in [0.05, 0.1) is 15.9 Å². The zero-order chi connectivity index (χ0) is 11.6. The molecule has 0 fully saturated rings. The Morgan fingerprint density at radius 3 is 1.80 bits per heavy atom. The number of benzene rings is 1. The van der Waals surface area contributed by atoms with E-state index >= 15 is 0 Å². The molecule has 0 aliphatic rings. The van der Waals surface area contributed by atoms with Gasteiger partial charge in [0.15, 0.2) is 0 Å². The molecule has 0 saturated carbocycles. The van der Waals surface area contributed by atoms with Crippen LogP contribution in [0.15, 0.2) is 18.2 Å². The molecule has 2 N–H and O–H groups in total. The van der Waals surface area contributed by atoms with Crippen molar-refractivity contribution in [2.45, 2.75) is 13.0 Å². The lowest BCUT2D eigenvalue weighted by Gasteiger charge is -2.04. The van der Waals surface area contributed by atoms with Gasteiger partial charge >= 0.3 is 0 Å². The van der Waals surface area contributed by atoms with Crippen LogP contribution >= 0.6 is 0 Å². The van der Waals surface area contributed by atoms with Crippen molar-refractivity contribution in [2.24, 2.45) is 5.73 Å². The van der Waals surface area contributed by atoms with Gasteiger partial charge in [-0.2, -0.15) is 0 Å². The van der Waals surface area contributed by atoms with Crippen LogP contribution in [0.25, 0.3) is 0 Å². The molecule has 0 saturated heterocycles. The Morgan fingerprint density at radius 1 is 1.13 bits per heavy atom. The molecule has 0 spiro atoms. The maximum Gasteiger partial charge on any atom is 0.276 e. The van der Waals surface area contributed by atoms with Crippen LogP contribution in [0.3, 0.4) is 0 Å². The Balaban J connectivity index is 3.32. The zero-order valence-electron chi connectivity index (χ0n) is 7.91. The molecular formula is C8H9N3O4. The monoisotopic (exact) mass is 211 g/mol. The molecule has 1 rings (SSSR count). The smallest absolute Gasteiger partial charge is 0.276 e. The molecular weight excluding hydrogens is 202 g/mol. The highest BCUT2D eigenvalue weighted by Gasteiger charge is 2.17. The summed E-state index contributed by atoms with van der Waals surface area (Å²) >= 11 is 0. The van der Waals surface area contributed by atoms with Gasteiger partial charge in [0.2, 0.25) is 0 Å². The Labute approximate surface area is 84.8 Å². The predicted molar refractivity (Wildman–Crippen MR) is 52.4 cm³/mol. The summed E-state index contributed by atoms with van der Waals surface area (Å²) in [6.45, 7) is 1.60. The Morgan fingerprint density at radius 2 is 1.53 bits per heavy atom. The summed E-state index contributed by atoms with van der Waals surface area (Å²) in [5, 5.41) is 21.0. The van der Waals surface area contributed by atoms with Crippen LogP contribution < -0.4 is 5.73 Å². The van der Waals surface area contributed by atoms with Gasteiger partial charge in [-0.1, -0.05) is 0 Å². The second-order valence-corrected chi connectivity index (χ2v) is 3.09. The minimum atomic E-state index is -0.682. The first-order valence-electron chi connectivity index (χ1n) is 4.11. The third-order valence-corrected chi connectivity index (χ3v) is 1.87. The minimum absolute atomic E-state index is 0.323. The van der Waals surface area contributed by atoms with E-state index in [1.165, 1.54) is 12.1 Å². The van der Waals surface area contributed by atoms with Crippen LogP contribution in [0.1, 0.15) is 18.5 Å². The van der Waals surface area contributed by atoms with Crippen molar-refractivity contribution in [1.82, 2.24) is 0 Å². The van der Waals surface area contributed by atoms with Crippen molar-refractivity contribution < 1.29 is 9.85 Å². The van der Waals surface area contributed by atoms with E-state index in [9.17, 15) is 20.2 Å². The summed E-state index contributed by atoms with van der Waals surface area (Å²) in [6, 6.07) is 2.89. The molecule has 1 atom stereocenters. The molecule has 0 amide bonds. The molecule has 1 unspecified atom stereocenters. The molecule has 0 bridgehead atoms. The highest BCUT2D eigenvalue weighted by Crippen LogP contribution is 2.25. The van der Waals surface area contributed by atoms with E-state index in [0.717, 1.165) is 6.07 Å². The van der Waals surface area contributed by atoms with E-state index in [1.54, 1.807) is 6.92 Å². The lowest BCUT2D eigenvalue weighted by atomic mass is 10.1. The summed E-state index contributed by atoms with van der Waals surface area (Å²) in [7, 11) is 0. The van der Waals surface area contributed by atoms with Crippen LogP contribution in [0.5, 0.6) is 0 Å². The normalized spacial score (nSPS) is 12.1. The third-order valence-electron chi connectivity index (χ3n) is 1.87. The fourth-order valence-corrected chi connectivity index (χ4v) is 1.09. The second kappa shape index (κ2) is 4.01. The number of nitro benzene ring substituents is 2. The molecule has 0 heterocycles. The fourth-order valence-electron chi connectivity index (χ4n) is 1.09. The average Bonchev–Trinajstić information content (AvgIpc) is 2.16. The lowest BCUT2D eigenvalue weighted by molar-refractivity contribution is -0.394. The lowest BCUT2D eigenvalue weighted by Crippen LogP contribution is -2.06. The molecule has 0 aliphatic carbocycles. The SMILES string of the molecule is CC(N)c1cc([N+](=O)[O-])cc([N+](=O)[O-])c1. The quantitative estimate of drug-likeness (QED) is 0.601. The highest BCUT2D eigenvalue weighted by atomic mass is 16.6. The molecule has 1 aromatic carbocycles. The van der Waals surface area contributed by atoms with E-state index in [0.29, 0.717) is 5.56 Å². The van der Waals surface area contributed by atoms with E-state index in [-0.39, 0.29) is 11.4 Å². The van der Waals surface area contributed by atoms with Gasteiger partial charge in [0.25, 0.3) is 11.4 Å². The predicted octanol–water partition coefficient (Wildman–Crippen LogP) is 1.52.